The van der Waals surface area contributed by atoms with Crippen LogP contribution < -0.4 is 14.9 Å². The quantitative estimate of drug-likeness (QED) is 0.515. The second-order valence-electron chi connectivity index (χ2n) is 6.57. The molecule has 0 saturated carbocycles. The zero-order valence-corrected chi connectivity index (χ0v) is 17.3. The number of hydrogen-bond acceptors (Lipinski definition) is 6. The summed E-state index contributed by atoms with van der Waals surface area (Å²) in [5.74, 6) is 0.483. The number of esters is 1. The summed E-state index contributed by atoms with van der Waals surface area (Å²) >= 11 is 6.17. The Balaban J connectivity index is 1.87. The van der Waals surface area contributed by atoms with Gasteiger partial charge in [0.1, 0.15) is 23.3 Å². The molecule has 0 aliphatic rings. The lowest BCUT2D eigenvalue weighted by molar-refractivity contribution is -0.150. The van der Waals surface area contributed by atoms with Gasteiger partial charge in [-0.05, 0) is 63.1 Å². The molecule has 1 atom stereocenters. The predicted molar refractivity (Wildman–Crippen MR) is 110 cm³/mol. The molecule has 0 saturated heterocycles. The Morgan fingerprint density at radius 3 is 2.48 bits per heavy atom. The molecule has 0 bridgehead atoms. The molecule has 152 valence electrons. The third-order valence-electron chi connectivity index (χ3n) is 4.28. The summed E-state index contributed by atoms with van der Waals surface area (Å²) in [7, 11) is 0. The lowest BCUT2D eigenvalue weighted by Crippen LogP contribution is -2.26. The van der Waals surface area contributed by atoms with E-state index in [-0.39, 0.29) is 17.8 Å². The average Bonchev–Trinajstić information content (AvgIpc) is 2.68. The molecular formula is C22H21ClO6. The summed E-state index contributed by atoms with van der Waals surface area (Å²) in [6.07, 6.45) is 0.473. The number of carbonyl (C=O) groups excluding carboxylic acids is 1. The maximum Gasteiger partial charge on any atom is 0.347 e. The fourth-order valence-corrected chi connectivity index (χ4v) is 2.95. The molecule has 3 aromatic rings. The minimum atomic E-state index is -0.780. The fraction of sp³-hybridized carbons (Fsp3) is 0.273. The minimum absolute atomic E-state index is 0.0622. The molecular weight excluding hydrogens is 396 g/mol. The smallest absolute Gasteiger partial charge is 0.347 e. The van der Waals surface area contributed by atoms with E-state index in [4.69, 9.17) is 30.2 Å². The molecule has 0 spiro atoms. The molecule has 3 rings (SSSR count). The Kier molecular flexibility index (Phi) is 6.13. The van der Waals surface area contributed by atoms with E-state index in [0.29, 0.717) is 27.5 Å². The van der Waals surface area contributed by atoms with Crippen LogP contribution in [0.5, 0.6) is 17.2 Å². The average molecular weight is 417 g/mol. The molecule has 0 fully saturated rings. The van der Waals surface area contributed by atoms with Crippen LogP contribution >= 0.6 is 11.6 Å². The molecule has 1 aromatic heterocycles. The van der Waals surface area contributed by atoms with Crippen LogP contribution in [0.3, 0.4) is 0 Å². The van der Waals surface area contributed by atoms with Crippen molar-refractivity contribution in [3.63, 3.8) is 0 Å². The number of halogens is 1. The van der Waals surface area contributed by atoms with Crippen LogP contribution in [0.2, 0.25) is 5.02 Å². The summed E-state index contributed by atoms with van der Waals surface area (Å²) in [5.41, 5.74) is 1.70. The Hall–Kier alpha value is -2.99. The molecule has 1 unspecified atom stereocenters. The predicted octanol–water partition coefficient (Wildman–Crippen LogP) is 5.19. The topological polar surface area (TPSA) is 75.0 Å². The summed E-state index contributed by atoms with van der Waals surface area (Å²) in [4.78, 5) is 24.5. The number of ether oxygens (including phenoxy) is 3. The van der Waals surface area contributed by atoms with Crippen LogP contribution in [-0.2, 0) is 9.53 Å². The van der Waals surface area contributed by atoms with E-state index in [0.717, 1.165) is 11.1 Å². The highest BCUT2D eigenvalue weighted by Crippen LogP contribution is 2.29. The van der Waals surface area contributed by atoms with Gasteiger partial charge in [-0.2, -0.15) is 0 Å². The first-order valence-corrected chi connectivity index (χ1v) is 9.51. The first-order chi connectivity index (χ1) is 13.8. The van der Waals surface area contributed by atoms with Crippen molar-refractivity contribution in [3.05, 3.63) is 63.0 Å². The van der Waals surface area contributed by atoms with Gasteiger partial charge in [0.25, 0.3) is 0 Å². The lowest BCUT2D eigenvalue weighted by atomic mass is 10.1. The molecule has 6 nitrogen and oxygen atoms in total. The van der Waals surface area contributed by atoms with Crippen molar-refractivity contribution in [1.82, 2.24) is 0 Å². The second kappa shape index (κ2) is 8.57. The van der Waals surface area contributed by atoms with E-state index in [1.54, 1.807) is 44.2 Å². The van der Waals surface area contributed by atoms with Gasteiger partial charge in [0, 0.05) is 11.1 Å². The summed E-state index contributed by atoms with van der Waals surface area (Å²) in [6.45, 7) is 7.31. The highest BCUT2D eigenvalue weighted by Gasteiger charge is 2.17. The number of benzene rings is 2. The van der Waals surface area contributed by atoms with Crippen LogP contribution in [0.4, 0.5) is 0 Å². The third-order valence-corrected chi connectivity index (χ3v) is 4.88. The molecule has 1 heterocycles. The van der Waals surface area contributed by atoms with Crippen molar-refractivity contribution < 1.29 is 23.4 Å². The number of aryl methyl sites for hydroxylation is 2. The standard InChI is InChI=1S/C22H21ClO6/c1-5-26-22(25)14(4)28-15-6-7-17-18(10-15)27-11-19(21(17)24)29-16-8-12(2)20(23)13(3)9-16/h6-11,14H,5H2,1-4H3. The van der Waals surface area contributed by atoms with Gasteiger partial charge in [-0.1, -0.05) is 11.6 Å². The molecule has 0 N–H and O–H groups in total. The molecule has 0 aliphatic carbocycles. The van der Waals surface area contributed by atoms with Crippen molar-refractivity contribution >= 4 is 28.5 Å². The van der Waals surface area contributed by atoms with Gasteiger partial charge in [-0.3, -0.25) is 4.79 Å². The monoisotopic (exact) mass is 416 g/mol. The van der Waals surface area contributed by atoms with Gasteiger partial charge in [-0.25, -0.2) is 4.79 Å². The van der Waals surface area contributed by atoms with Crippen LogP contribution in [0.1, 0.15) is 25.0 Å². The van der Waals surface area contributed by atoms with E-state index in [9.17, 15) is 9.59 Å². The van der Waals surface area contributed by atoms with Crippen LogP contribution in [0, 0.1) is 13.8 Å². The van der Waals surface area contributed by atoms with Crippen molar-refractivity contribution in [2.24, 2.45) is 0 Å². The molecule has 0 radical (unpaired) electrons. The van der Waals surface area contributed by atoms with Gasteiger partial charge in [0.05, 0.1) is 12.0 Å². The summed E-state index contributed by atoms with van der Waals surface area (Å²) in [5, 5.41) is 0.994. The molecule has 7 heteroatoms. The molecule has 2 aromatic carbocycles. The number of carbonyl (C=O) groups is 1. The molecule has 0 aliphatic heterocycles. The van der Waals surface area contributed by atoms with Crippen molar-refractivity contribution in [1.29, 1.82) is 0 Å². The van der Waals surface area contributed by atoms with E-state index >= 15 is 0 Å². The van der Waals surface area contributed by atoms with Crippen molar-refractivity contribution in [3.8, 4) is 17.2 Å². The van der Waals surface area contributed by atoms with E-state index in [1.807, 2.05) is 13.8 Å². The van der Waals surface area contributed by atoms with Crippen LogP contribution in [-0.4, -0.2) is 18.7 Å². The zero-order valence-electron chi connectivity index (χ0n) is 16.6. The lowest BCUT2D eigenvalue weighted by Gasteiger charge is -2.13. The van der Waals surface area contributed by atoms with Crippen LogP contribution in [0.15, 0.2) is 45.8 Å². The Labute approximate surface area is 172 Å². The maximum atomic E-state index is 12.8. The van der Waals surface area contributed by atoms with Crippen LogP contribution in [0.25, 0.3) is 11.0 Å². The first-order valence-electron chi connectivity index (χ1n) is 9.13. The van der Waals surface area contributed by atoms with Gasteiger partial charge in [-0.15, -0.1) is 0 Å². The first kappa shape index (κ1) is 20.7. The van der Waals surface area contributed by atoms with Crippen molar-refractivity contribution in [2.75, 3.05) is 6.61 Å². The minimum Gasteiger partial charge on any atom is -0.479 e. The highest BCUT2D eigenvalue weighted by atomic mass is 35.5. The molecule has 0 amide bonds. The highest BCUT2D eigenvalue weighted by molar-refractivity contribution is 6.32. The van der Waals surface area contributed by atoms with Gasteiger partial charge >= 0.3 is 5.97 Å². The Bertz CT molecular complexity index is 1090. The van der Waals surface area contributed by atoms with Crippen molar-refractivity contribution in [2.45, 2.75) is 33.8 Å². The van der Waals surface area contributed by atoms with E-state index in [1.165, 1.54) is 6.26 Å². The number of rotatable bonds is 6. The van der Waals surface area contributed by atoms with Gasteiger partial charge in [0.15, 0.2) is 6.10 Å². The third kappa shape index (κ3) is 4.54. The van der Waals surface area contributed by atoms with Gasteiger partial charge in [0.2, 0.25) is 11.2 Å². The second-order valence-corrected chi connectivity index (χ2v) is 6.95. The Morgan fingerprint density at radius 1 is 1.14 bits per heavy atom. The normalized spacial score (nSPS) is 11.9. The molecule has 29 heavy (non-hydrogen) atoms. The van der Waals surface area contributed by atoms with Gasteiger partial charge < -0.3 is 18.6 Å². The van der Waals surface area contributed by atoms with E-state index < -0.39 is 12.1 Å². The maximum absolute atomic E-state index is 12.8. The van der Waals surface area contributed by atoms with E-state index in [2.05, 4.69) is 0 Å². The largest absolute Gasteiger partial charge is 0.479 e. The summed E-state index contributed by atoms with van der Waals surface area (Å²) < 4.78 is 21.8. The zero-order chi connectivity index (χ0) is 21.1. The Morgan fingerprint density at radius 2 is 1.83 bits per heavy atom. The number of hydrogen-bond donors (Lipinski definition) is 0. The number of fused-ring (bicyclic) bond motifs is 1. The SMILES string of the molecule is CCOC(=O)C(C)Oc1ccc2c(=O)c(Oc3cc(C)c(Cl)c(C)c3)coc2c1. The summed E-state index contributed by atoms with van der Waals surface area (Å²) in [6, 6.07) is 8.22. The fourth-order valence-electron chi connectivity index (χ4n) is 2.84.